The van der Waals surface area contributed by atoms with Crippen molar-refractivity contribution in [3.05, 3.63) is 39.0 Å². The molecule has 0 fully saturated rings. The largest absolute Gasteiger partial charge is 0.324 e. The van der Waals surface area contributed by atoms with Gasteiger partial charge in [0.05, 0.1) is 0 Å². The summed E-state index contributed by atoms with van der Waals surface area (Å²) in [6, 6.07) is 4.50. The first-order valence-corrected chi connectivity index (χ1v) is 7.45. The molecule has 1 aromatic carbocycles. The first-order valence-electron chi connectivity index (χ1n) is 6.66. The van der Waals surface area contributed by atoms with Crippen molar-refractivity contribution in [2.24, 2.45) is 0 Å². The third-order valence-electron chi connectivity index (χ3n) is 3.76. The van der Waals surface area contributed by atoms with E-state index < -0.39 is 0 Å². The summed E-state index contributed by atoms with van der Waals surface area (Å²) < 4.78 is 1.02. The number of halogens is 1. The van der Waals surface area contributed by atoms with E-state index in [9.17, 15) is 0 Å². The van der Waals surface area contributed by atoms with Crippen LogP contribution >= 0.6 is 15.9 Å². The number of anilines is 2. The van der Waals surface area contributed by atoms with E-state index in [0.29, 0.717) is 0 Å². The molecule has 2 aromatic rings. The summed E-state index contributed by atoms with van der Waals surface area (Å²) in [6.07, 6.45) is 2.25. The van der Waals surface area contributed by atoms with E-state index >= 15 is 0 Å². The summed E-state index contributed by atoms with van der Waals surface area (Å²) in [5.74, 6) is 1.08. The zero-order valence-electron chi connectivity index (χ0n) is 11.5. The number of fused-ring (bicyclic) bond motifs is 1. The van der Waals surface area contributed by atoms with Gasteiger partial charge in [0.15, 0.2) is 5.82 Å². The highest BCUT2D eigenvalue weighted by atomic mass is 79.9. The molecule has 0 atom stereocenters. The van der Waals surface area contributed by atoms with Crippen molar-refractivity contribution < 1.29 is 0 Å². The fourth-order valence-corrected chi connectivity index (χ4v) is 3.58. The van der Waals surface area contributed by atoms with Gasteiger partial charge < -0.3 is 4.90 Å². The van der Waals surface area contributed by atoms with Crippen molar-refractivity contribution in [1.82, 2.24) is 10.2 Å². The van der Waals surface area contributed by atoms with Crippen LogP contribution in [-0.4, -0.2) is 16.7 Å². The van der Waals surface area contributed by atoms with Crippen LogP contribution in [0.5, 0.6) is 0 Å². The lowest BCUT2D eigenvalue weighted by Gasteiger charge is -2.30. The topological polar surface area (TPSA) is 31.9 Å². The van der Waals surface area contributed by atoms with Crippen molar-refractivity contribution in [3.8, 4) is 0 Å². The Morgan fingerprint density at radius 2 is 1.89 bits per heavy atom. The zero-order chi connectivity index (χ0) is 13.6. The number of aromatic amines is 1. The van der Waals surface area contributed by atoms with Crippen LogP contribution in [0, 0.1) is 20.8 Å². The second-order valence-electron chi connectivity index (χ2n) is 5.34. The fraction of sp³-hybridized carbons (Fsp3) is 0.400. The summed E-state index contributed by atoms with van der Waals surface area (Å²) in [7, 11) is 0. The lowest BCUT2D eigenvalue weighted by Crippen LogP contribution is -2.26. The van der Waals surface area contributed by atoms with Crippen LogP contribution in [0.1, 0.15) is 28.7 Å². The van der Waals surface area contributed by atoms with Crippen LogP contribution in [0.15, 0.2) is 16.7 Å². The first kappa shape index (κ1) is 12.7. The van der Waals surface area contributed by atoms with Crippen LogP contribution in [-0.2, 0) is 6.42 Å². The Hall–Kier alpha value is -1.29. The third-order valence-corrected chi connectivity index (χ3v) is 4.42. The average molecular weight is 320 g/mol. The molecule has 0 unspecified atom stereocenters. The summed E-state index contributed by atoms with van der Waals surface area (Å²) in [6.45, 7) is 7.56. The van der Waals surface area contributed by atoms with Gasteiger partial charge in [0.1, 0.15) is 4.60 Å². The van der Waals surface area contributed by atoms with Crippen molar-refractivity contribution in [2.75, 3.05) is 11.4 Å². The Bertz CT molecular complexity index is 607. The van der Waals surface area contributed by atoms with Gasteiger partial charge in [0.25, 0.3) is 0 Å². The molecule has 1 aliphatic heterocycles. The van der Waals surface area contributed by atoms with Gasteiger partial charge in [-0.05, 0) is 60.7 Å². The molecule has 1 N–H and O–H groups in total. The van der Waals surface area contributed by atoms with Crippen molar-refractivity contribution in [3.63, 3.8) is 0 Å². The molecule has 4 heteroatoms. The van der Waals surface area contributed by atoms with Gasteiger partial charge in [0, 0.05) is 17.8 Å². The molecule has 3 nitrogen and oxygen atoms in total. The zero-order valence-corrected chi connectivity index (χ0v) is 13.1. The van der Waals surface area contributed by atoms with E-state index in [2.05, 4.69) is 63.9 Å². The molecule has 0 aliphatic carbocycles. The predicted octanol–water partition coefficient (Wildman–Crippen LogP) is 4.18. The predicted molar refractivity (Wildman–Crippen MR) is 82.3 cm³/mol. The maximum absolute atomic E-state index is 4.47. The normalized spacial score (nSPS) is 14.6. The number of nitrogens with one attached hydrogen (secondary N) is 1. The maximum Gasteiger partial charge on any atom is 0.159 e. The Labute approximate surface area is 122 Å². The molecule has 0 saturated heterocycles. The smallest absolute Gasteiger partial charge is 0.159 e. The van der Waals surface area contributed by atoms with Gasteiger partial charge in [-0.15, -0.1) is 0 Å². The summed E-state index contributed by atoms with van der Waals surface area (Å²) in [4.78, 5) is 2.35. The monoisotopic (exact) mass is 319 g/mol. The Balaban J connectivity index is 2.14. The molecule has 0 spiro atoms. The number of hydrogen-bond donors (Lipinski definition) is 1. The van der Waals surface area contributed by atoms with E-state index in [1.807, 2.05) is 0 Å². The van der Waals surface area contributed by atoms with Gasteiger partial charge in [-0.3, -0.25) is 5.10 Å². The van der Waals surface area contributed by atoms with Crippen LogP contribution in [0.4, 0.5) is 11.5 Å². The van der Waals surface area contributed by atoms with Gasteiger partial charge in [-0.25, -0.2) is 0 Å². The third kappa shape index (κ3) is 2.08. The second-order valence-corrected chi connectivity index (χ2v) is 6.14. The van der Waals surface area contributed by atoms with E-state index in [1.165, 1.54) is 27.9 Å². The van der Waals surface area contributed by atoms with Crippen molar-refractivity contribution in [1.29, 1.82) is 0 Å². The quantitative estimate of drug-likeness (QED) is 0.855. The standard InChI is InChI=1S/C15H18BrN3/c1-9-7-10(2)13(11(3)8-9)19-6-4-5-12-14(16)17-18-15(12)19/h7-8H,4-6H2,1-3H3,(H,17,18). The minimum Gasteiger partial charge on any atom is -0.324 e. The lowest BCUT2D eigenvalue weighted by atomic mass is 10.0. The van der Waals surface area contributed by atoms with Crippen LogP contribution in [0.3, 0.4) is 0 Å². The summed E-state index contributed by atoms with van der Waals surface area (Å²) in [5, 5.41) is 7.53. The van der Waals surface area contributed by atoms with Crippen LogP contribution in [0.25, 0.3) is 0 Å². The van der Waals surface area contributed by atoms with Crippen molar-refractivity contribution >= 4 is 27.4 Å². The van der Waals surface area contributed by atoms with Gasteiger partial charge in [-0.1, -0.05) is 17.7 Å². The van der Waals surface area contributed by atoms with Gasteiger partial charge >= 0.3 is 0 Å². The molecule has 1 aliphatic rings. The molecule has 2 heterocycles. The highest BCUT2D eigenvalue weighted by Crippen LogP contribution is 2.38. The molecule has 0 bridgehead atoms. The average Bonchev–Trinajstić information content (AvgIpc) is 2.71. The van der Waals surface area contributed by atoms with E-state index in [4.69, 9.17) is 0 Å². The Morgan fingerprint density at radius 1 is 1.21 bits per heavy atom. The minimum absolute atomic E-state index is 1.02. The van der Waals surface area contributed by atoms with Gasteiger partial charge in [0.2, 0.25) is 0 Å². The summed E-state index contributed by atoms with van der Waals surface area (Å²) >= 11 is 3.56. The number of nitrogens with zero attached hydrogens (tertiary/aromatic N) is 2. The van der Waals surface area contributed by atoms with Crippen LogP contribution in [0.2, 0.25) is 0 Å². The first-order chi connectivity index (χ1) is 9.08. The minimum atomic E-state index is 1.02. The number of rotatable bonds is 1. The van der Waals surface area contributed by atoms with E-state index in [0.717, 1.165) is 29.8 Å². The Morgan fingerprint density at radius 3 is 2.58 bits per heavy atom. The fourth-order valence-electron chi connectivity index (χ4n) is 3.12. The van der Waals surface area contributed by atoms with Crippen molar-refractivity contribution in [2.45, 2.75) is 33.6 Å². The number of aryl methyl sites for hydroxylation is 3. The molecule has 3 rings (SSSR count). The van der Waals surface area contributed by atoms with E-state index in [-0.39, 0.29) is 0 Å². The highest BCUT2D eigenvalue weighted by Gasteiger charge is 2.25. The molecule has 0 radical (unpaired) electrons. The van der Waals surface area contributed by atoms with Crippen LogP contribution < -0.4 is 4.90 Å². The number of hydrogen-bond acceptors (Lipinski definition) is 2. The number of aromatic nitrogens is 2. The molecular weight excluding hydrogens is 302 g/mol. The number of H-pyrrole nitrogens is 1. The molecule has 1 aromatic heterocycles. The van der Waals surface area contributed by atoms with Gasteiger partial charge in [-0.2, -0.15) is 5.10 Å². The molecular formula is C15H18BrN3. The molecule has 0 amide bonds. The summed E-state index contributed by atoms with van der Waals surface area (Å²) in [5.41, 5.74) is 6.57. The maximum atomic E-state index is 4.47. The highest BCUT2D eigenvalue weighted by molar-refractivity contribution is 9.10. The molecule has 0 saturated carbocycles. The SMILES string of the molecule is Cc1cc(C)c(N2CCCc3c2n[nH]c3Br)c(C)c1. The number of benzene rings is 1. The molecule has 19 heavy (non-hydrogen) atoms. The second kappa shape index (κ2) is 4.67. The van der Waals surface area contributed by atoms with E-state index in [1.54, 1.807) is 0 Å². The lowest BCUT2D eigenvalue weighted by molar-refractivity contribution is 0.756. The Kier molecular flexibility index (Phi) is 3.13. The molecule has 100 valence electrons.